The van der Waals surface area contributed by atoms with Crippen LogP contribution in [0.25, 0.3) is 0 Å². The highest BCUT2D eigenvalue weighted by Gasteiger charge is 2.31. The third kappa shape index (κ3) is 6.00. The van der Waals surface area contributed by atoms with E-state index in [1.165, 1.54) is 0 Å². The highest BCUT2D eigenvalue weighted by Crippen LogP contribution is 2.06. The molecule has 0 saturated heterocycles. The van der Waals surface area contributed by atoms with Gasteiger partial charge in [-0.1, -0.05) is 13.8 Å². The van der Waals surface area contributed by atoms with Crippen LogP contribution in [0.1, 0.15) is 27.2 Å². The Labute approximate surface area is 105 Å². The highest BCUT2D eigenvalue weighted by atomic mass is 16.5. The van der Waals surface area contributed by atoms with Gasteiger partial charge in [-0.15, -0.1) is 0 Å². The standard InChI is InChI=1S/C12H27N3O2/c1-5-7-14-12(3,11(13)16)10-15(6-2)8-9-17-4/h14H,5-10H2,1-4H3,(H2,13,16). The molecule has 0 aromatic heterocycles. The Balaban J connectivity index is 4.43. The Hall–Kier alpha value is -0.650. The number of rotatable bonds is 10. The van der Waals surface area contributed by atoms with Crippen LogP contribution in [0.5, 0.6) is 0 Å². The quantitative estimate of drug-likeness (QED) is 0.577. The fourth-order valence-electron chi connectivity index (χ4n) is 1.64. The van der Waals surface area contributed by atoms with E-state index in [1.807, 2.05) is 6.92 Å². The van der Waals surface area contributed by atoms with Crippen molar-refractivity contribution in [3.05, 3.63) is 0 Å². The largest absolute Gasteiger partial charge is 0.383 e. The number of nitrogens with two attached hydrogens (primary N) is 1. The molecule has 0 heterocycles. The summed E-state index contributed by atoms with van der Waals surface area (Å²) in [4.78, 5) is 13.7. The molecule has 3 N–H and O–H groups in total. The molecule has 0 spiro atoms. The van der Waals surface area contributed by atoms with Gasteiger partial charge in [-0.3, -0.25) is 9.69 Å². The second kappa shape index (κ2) is 8.44. The van der Waals surface area contributed by atoms with E-state index in [-0.39, 0.29) is 5.91 Å². The van der Waals surface area contributed by atoms with Crippen LogP contribution in [0.3, 0.4) is 0 Å². The summed E-state index contributed by atoms with van der Waals surface area (Å²) in [6, 6.07) is 0. The lowest BCUT2D eigenvalue weighted by Crippen LogP contribution is -2.60. The Morgan fingerprint density at radius 1 is 1.47 bits per heavy atom. The summed E-state index contributed by atoms with van der Waals surface area (Å²) in [5, 5.41) is 3.23. The minimum Gasteiger partial charge on any atom is -0.383 e. The summed E-state index contributed by atoms with van der Waals surface area (Å²) in [6.45, 7) is 9.75. The number of nitrogens with one attached hydrogen (secondary N) is 1. The van der Waals surface area contributed by atoms with E-state index < -0.39 is 5.54 Å². The van der Waals surface area contributed by atoms with Crippen molar-refractivity contribution in [2.45, 2.75) is 32.7 Å². The molecule has 1 unspecified atom stereocenters. The second-order valence-corrected chi connectivity index (χ2v) is 4.48. The molecule has 1 atom stereocenters. The molecule has 0 fully saturated rings. The third-order valence-electron chi connectivity index (χ3n) is 2.91. The maximum Gasteiger partial charge on any atom is 0.238 e. The van der Waals surface area contributed by atoms with Crippen molar-refractivity contribution in [1.82, 2.24) is 10.2 Å². The molecule has 0 bridgehead atoms. The number of methoxy groups -OCH3 is 1. The van der Waals surface area contributed by atoms with Crippen LogP contribution in [-0.2, 0) is 9.53 Å². The molecule has 17 heavy (non-hydrogen) atoms. The maximum absolute atomic E-state index is 11.6. The molecule has 0 saturated carbocycles. The van der Waals surface area contributed by atoms with E-state index in [9.17, 15) is 4.79 Å². The maximum atomic E-state index is 11.6. The van der Waals surface area contributed by atoms with Gasteiger partial charge in [0.1, 0.15) is 5.54 Å². The van der Waals surface area contributed by atoms with Crippen molar-refractivity contribution >= 4 is 5.91 Å². The summed E-state index contributed by atoms with van der Waals surface area (Å²) < 4.78 is 5.05. The molecular weight excluding hydrogens is 218 g/mol. The first-order valence-corrected chi connectivity index (χ1v) is 6.26. The number of carbonyl (C=O) groups is 1. The van der Waals surface area contributed by atoms with E-state index in [2.05, 4.69) is 24.1 Å². The van der Waals surface area contributed by atoms with E-state index in [0.29, 0.717) is 13.2 Å². The average Bonchev–Trinajstić information content (AvgIpc) is 2.31. The molecule has 5 heteroatoms. The molecule has 0 radical (unpaired) electrons. The average molecular weight is 245 g/mol. The number of amides is 1. The van der Waals surface area contributed by atoms with Crippen molar-refractivity contribution in [2.24, 2.45) is 5.73 Å². The second-order valence-electron chi connectivity index (χ2n) is 4.48. The molecule has 5 nitrogen and oxygen atoms in total. The molecule has 0 aliphatic carbocycles. The summed E-state index contributed by atoms with van der Waals surface area (Å²) in [7, 11) is 1.68. The van der Waals surface area contributed by atoms with Gasteiger partial charge in [-0.05, 0) is 26.4 Å². The Morgan fingerprint density at radius 2 is 2.12 bits per heavy atom. The molecular formula is C12H27N3O2. The van der Waals surface area contributed by atoms with Crippen molar-refractivity contribution in [3.8, 4) is 0 Å². The van der Waals surface area contributed by atoms with Gasteiger partial charge in [0.25, 0.3) is 0 Å². The fourth-order valence-corrected chi connectivity index (χ4v) is 1.64. The van der Waals surface area contributed by atoms with E-state index in [4.69, 9.17) is 10.5 Å². The molecule has 0 aliphatic heterocycles. The molecule has 1 amide bonds. The van der Waals surface area contributed by atoms with E-state index in [1.54, 1.807) is 7.11 Å². The molecule has 0 aromatic carbocycles. The zero-order valence-corrected chi connectivity index (χ0v) is 11.6. The zero-order valence-electron chi connectivity index (χ0n) is 11.6. The van der Waals surface area contributed by atoms with Crippen molar-refractivity contribution < 1.29 is 9.53 Å². The van der Waals surface area contributed by atoms with Crippen LogP contribution in [0.4, 0.5) is 0 Å². The predicted octanol–water partition coefficient (Wildman–Crippen LogP) is 0.198. The van der Waals surface area contributed by atoms with Crippen molar-refractivity contribution in [2.75, 3.05) is 39.9 Å². The topological polar surface area (TPSA) is 67.6 Å². The van der Waals surface area contributed by atoms with Gasteiger partial charge in [0.05, 0.1) is 6.61 Å². The van der Waals surface area contributed by atoms with Gasteiger partial charge in [-0.2, -0.15) is 0 Å². The summed E-state index contributed by atoms with van der Waals surface area (Å²) in [6.07, 6.45) is 0.979. The number of primary amides is 1. The molecule has 0 aliphatic rings. The predicted molar refractivity (Wildman–Crippen MR) is 69.9 cm³/mol. The number of hydrogen-bond donors (Lipinski definition) is 2. The van der Waals surface area contributed by atoms with E-state index >= 15 is 0 Å². The first-order valence-electron chi connectivity index (χ1n) is 6.26. The van der Waals surface area contributed by atoms with Crippen LogP contribution in [-0.4, -0.2) is 56.2 Å². The van der Waals surface area contributed by atoms with Gasteiger partial charge in [0.15, 0.2) is 0 Å². The first kappa shape index (κ1) is 16.4. The van der Waals surface area contributed by atoms with Crippen LogP contribution in [0.15, 0.2) is 0 Å². The lowest BCUT2D eigenvalue weighted by molar-refractivity contribution is -0.124. The van der Waals surface area contributed by atoms with Gasteiger partial charge >= 0.3 is 0 Å². The Bertz CT molecular complexity index is 224. The number of nitrogens with zero attached hydrogens (tertiary/aromatic N) is 1. The lowest BCUT2D eigenvalue weighted by atomic mass is 10.0. The molecule has 102 valence electrons. The van der Waals surface area contributed by atoms with Crippen LogP contribution >= 0.6 is 0 Å². The Kier molecular flexibility index (Phi) is 8.12. The third-order valence-corrected chi connectivity index (χ3v) is 2.91. The number of ether oxygens (including phenoxy) is 1. The SMILES string of the molecule is CCCNC(C)(CN(CC)CCOC)C(N)=O. The fraction of sp³-hybridized carbons (Fsp3) is 0.917. The van der Waals surface area contributed by atoms with Crippen molar-refractivity contribution in [3.63, 3.8) is 0 Å². The lowest BCUT2D eigenvalue weighted by Gasteiger charge is -2.33. The van der Waals surface area contributed by atoms with Gasteiger partial charge < -0.3 is 15.8 Å². The number of carbonyl (C=O) groups excluding carboxylic acids is 1. The summed E-state index contributed by atoms with van der Waals surface area (Å²) in [5.41, 5.74) is 4.82. The monoisotopic (exact) mass is 245 g/mol. The highest BCUT2D eigenvalue weighted by molar-refractivity contribution is 5.84. The van der Waals surface area contributed by atoms with Crippen LogP contribution in [0, 0.1) is 0 Å². The molecule has 0 aromatic rings. The number of hydrogen-bond acceptors (Lipinski definition) is 4. The van der Waals surface area contributed by atoms with Gasteiger partial charge in [0, 0.05) is 20.2 Å². The minimum atomic E-state index is -0.667. The molecule has 0 rings (SSSR count). The van der Waals surface area contributed by atoms with E-state index in [0.717, 1.165) is 26.1 Å². The smallest absolute Gasteiger partial charge is 0.238 e. The van der Waals surface area contributed by atoms with Gasteiger partial charge in [0.2, 0.25) is 5.91 Å². The number of likely N-dealkylation sites (N-methyl/N-ethyl adjacent to an activating group) is 1. The van der Waals surface area contributed by atoms with Crippen molar-refractivity contribution in [1.29, 1.82) is 0 Å². The summed E-state index contributed by atoms with van der Waals surface area (Å²) in [5.74, 6) is -0.304. The van der Waals surface area contributed by atoms with Crippen LogP contribution < -0.4 is 11.1 Å². The zero-order chi connectivity index (χ0) is 13.3. The van der Waals surface area contributed by atoms with Crippen LogP contribution in [0.2, 0.25) is 0 Å². The Morgan fingerprint density at radius 3 is 2.53 bits per heavy atom. The normalized spacial score (nSPS) is 14.9. The minimum absolute atomic E-state index is 0.304. The summed E-state index contributed by atoms with van der Waals surface area (Å²) >= 11 is 0. The van der Waals surface area contributed by atoms with Gasteiger partial charge in [-0.25, -0.2) is 0 Å². The first-order chi connectivity index (χ1) is 8.00.